The van der Waals surface area contributed by atoms with Gasteiger partial charge in [0.25, 0.3) is 5.91 Å². The van der Waals surface area contributed by atoms with Gasteiger partial charge in [0.05, 0.1) is 5.69 Å². The van der Waals surface area contributed by atoms with E-state index in [1.807, 2.05) is 98.8 Å². The largest absolute Gasteiger partial charge is 0.340 e. The van der Waals surface area contributed by atoms with E-state index in [9.17, 15) is 4.79 Å². The van der Waals surface area contributed by atoms with Gasteiger partial charge in [-0.25, -0.2) is 9.97 Å². The molecule has 0 atom stereocenters. The smallest absolute Gasteiger partial charge is 0.255 e. The molecule has 30 heavy (non-hydrogen) atoms. The molecule has 0 bridgehead atoms. The lowest BCUT2D eigenvalue weighted by atomic mass is 10.1. The number of carbonyl (C=O) groups excluding carboxylic acids is 1. The summed E-state index contributed by atoms with van der Waals surface area (Å²) in [6.07, 6.45) is 0. The highest BCUT2D eigenvalue weighted by Crippen LogP contribution is 2.23. The molecule has 1 heterocycles. The summed E-state index contributed by atoms with van der Waals surface area (Å²) in [4.78, 5) is 21.5. The van der Waals surface area contributed by atoms with Crippen LogP contribution in [0.25, 0.3) is 11.3 Å². The molecule has 5 nitrogen and oxygen atoms in total. The zero-order valence-corrected chi connectivity index (χ0v) is 16.9. The number of nitrogens with one attached hydrogen (secondary N) is 2. The quantitative estimate of drug-likeness (QED) is 0.452. The maximum atomic E-state index is 12.5. The molecule has 0 spiro atoms. The van der Waals surface area contributed by atoms with Gasteiger partial charge in [-0.3, -0.25) is 4.79 Å². The van der Waals surface area contributed by atoms with Gasteiger partial charge in [0.1, 0.15) is 11.6 Å². The Morgan fingerprint density at radius 1 is 0.767 bits per heavy atom. The molecule has 0 unspecified atom stereocenters. The number of benzene rings is 3. The van der Waals surface area contributed by atoms with Crippen LogP contribution >= 0.6 is 0 Å². The van der Waals surface area contributed by atoms with Crippen LogP contribution in [0.5, 0.6) is 0 Å². The molecule has 0 aliphatic heterocycles. The molecule has 2 N–H and O–H groups in total. The SMILES string of the molecule is Cc1ccc(C(=O)Nc2cccc(Nc3cc(-c4ccccc4)nc(C)n3)c2)cc1. The highest BCUT2D eigenvalue weighted by Gasteiger charge is 2.08. The molecule has 148 valence electrons. The first-order chi connectivity index (χ1) is 14.6. The molecular formula is C25H22N4O. The van der Waals surface area contributed by atoms with Crippen molar-refractivity contribution in [3.8, 4) is 11.3 Å². The third-order valence-corrected chi connectivity index (χ3v) is 4.61. The zero-order chi connectivity index (χ0) is 20.9. The standard InChI is InChI=1S/C25H22N4O/c1-17-11-13-20(14-12-17)25(30)29-22-10-6-9-21(15-22)28-24-16-23(26-18(2)27-24)19-7-4-3-5-8-19/h3-16H,1-2H3,(H,29,30)(H,26,27,28). The van der Waals surface area contributed by atoms with E-state index >= 15 is 0 Å². The van der Waals surface area contributed by atoms with Crippen LogP contribution in [0.4, 0.5) is 17.2 Å². The maximum absolute atomic E-state index is 12.5. The number of carbonyl (C=O) groups is 1. The van der Waals surface area contributed by atoms with Gasteiger partial charge in [0, 0.05) is 28.6 Å². The van der Waals surface area contributed by atoms with Gasteiger partial charge < -0.3 is 10.6 Å². The summed E-state index contributed by atoms with van der Waals surface area (Å²) >= 11 is 0. The van der Waals surface area contributed by atoms with Crippen molar-refractivity contribution in [1.29, 1.82) is 0 Å². The van der Waals surface area contributed by atoms with Crippen LogP contribution in [0.2, 0.25) is 0 Å². The van der Waals surface area contributed by atoms with E-state index in [-0.39, 0.29) is 5.91 Å². The Labute approximate surface area is 175 Å². The van der Waals surface area contributed by atoms with Crippen LogP contribution in [0.15, 0.2) is 84.9 Å². The molecule has 0 aliphatic carbocycles. The summed E-state index contributed by atoms with van der Waals surface area (Å²) in [5.74, 6) is 1.24. The van der Waals surface area contributed by atoms with Gasteiger partial charge in [0.15, 0.2) is 0 Å². The van der Waals surface area contributed by atoms with Crippen LogP contribution in [-0.4, -0.2) is 15.9 Å². The Bertz CT molecular complexity index is 1170. The minimum atomic E-state index is -0.142. The summed E-state index contributed by atoms with van der Waals surface area (Å²) in [5, 5.41) is 6.25. The van der Waals surface area contributed by atoms with E-state index in [0.29, 0.717) is 22.9 Å². The fourth-order valence-corrected chi connectivity index (χ4v) is 3.12. The highest BCUT2D eigenvalue weighted by atomic mass is 16.1. The van der Waals surface area contributed by atoms with E-state index in [0.717, 1.165) is 22.5 Å². The Balaban J connectivity index is 1.53. The number of hydrogen-bond donors (Lipinski definition) is 2. The van der Waals surface area contributed by atoms with E-state index in [2.05, 4.69) is 20.6 Å². The van der Waals surface area contributed by atoms with Crippen molar-refractivity contribution in [3.05, 3.63) is 102 Å². The third kappa shape index (κ3) is 4.70. The second-order valence-corrected chi connectivity index (χ2v) is 7.08. The average molecular weight is 394 g/mol. The van der Waals surface area contributed by atoms with Crippen LogP contribution in [0.1, 0.15) is 21.7 Å². The van der Waals surface area contributed by atoms with Crippen molar-refractivity contribution in [3.63, 3.8) is 0 Å². The van der Waals surface area contributed by atoms with E-state index in [4.69, 9.17) is 0 Å². The summed E-state index contributed by atoms with van der Waals surface area (Å²) < 4.78 is 0. The molecular weight excluding hydrogens is 372 g/mol. The Morgan fingerprint density at radius 2 is 1.50 bits per heavy atom. The van der Waals surface area contributed by atoms with Crippen molar-refractivity contribution < 1.29 is 4.79 Å². The monoisotopic (exact) mass is 394 g/mol. The van der Waals surface area contributed by atoms with Crippen LogP contribution in [-0.2, 0) is 0 Å². The molecule has 0 saturated carbocycles. The van der Waals surface area contributed by atoms with Crippen molar-refractivity contribution in [2.45, 2.75) is 13.8 Å². The number of rotatable bonds is 5. The number of aromatic nitrogens is 2. The Hall–Kier alpha value is -3.99. The van der Waals surface area contributed by atoms with Crippen LogP contribution in [0, 0.1) is 13.8 Å². The lowest BCUT2D eigenvalue weighted by Crippen LogP contribution is -2.11. The van der Waals surface area contributed by atoms with E-state index < -0.39 is 0 Å². The molecule has 0 aliphatic rings. The van der Waals surface area contributed by atoms with Gasteiger partial charge in [-0.15, -0.1) is 0 Å². The van der Waals surface area contributed by atoms with Gasteiger partial charge >= 0.3 is 0 Å². The third-order valence-electron chi connectivity index (χ3n) is 4.61. The lowest BCUT2D eigenvalue weighted by Gasteiger charge is -2.11. The van der Waals surface area contributed by atoms with Gasteiger partial charge in [-0.2, -0.15) is 0 Å². The molecule has 0 radical (unpaired) electrons. The fraction of sp³-hybridized carbons (Fsp3) is 0.0800. The lowest BCUT2D eigenvalue weighted by molar-refractivity contribution is 0.102. The predicted octanol–water partition coefficient (Wildman–Crippen LogP) is 5.76. The number of amides is 1. The van der Waals surface area contributed by atoms with Crippen molar-refractivity contribution >= 4 is 23.1 Å². The Morgan fingerprint density at radius 3 is 2.27 bits per heavy atom. The summed E-state index contributed by atoms with van der Waals surface area (Å²) in [5.41, 5.74) is 5.17. The van der Waals surface area contributed by atoms with Gasteiger partial charge in [0.2, 0.25) is 0 Å². The van der Waals surface area contributed by atoms with Crippen molar-refractivity contribution in [2.75, 3.05) is 10.6 Å². The Kier molecular flexibility index (Phi) is 5.52. The second-order valence-electron chi connectivity index (χ2n) is 7.08. The number of aryl methyl sites for hydroxylation is 2. The first kappa shape index (κ1) is 19.3. The van der Waals surface area contributed by atoms with E-state index in [1.165, 1.54) is 0 Å². The predicted molar refractivity (Wildman–Crippen MR) is 121 cm³/mol. The first-order valence-corrected chi connectivity index (χ1v) is 9.73. The fourth-order valence-electron chi connectivity index (χ4n) is 3.12. The second kappa shape index (κ2) is 8.57. The molecule has 0 fully saturated rings. The minimum Gasteiger partial charge on any atom is -0.340 e. The molecule has 4 rings (SSSR count). The normalized spacial score (nSPS) is 10.5. The number of nitrogens with zero attached hydrogens (tertiary/aromatic N) is 2. The molecule has 5 heteroatoms. The zero-order valence-electron chi connectivity index (χ0n) is 16.9. The average Bonchev–Trinajstić information content (AvgIpc) is 2.75. The molecule has 0 saturated heterocycles. The van der Waals surface area contributed by atoms with Crippen LogP contribution < -0.4 is 10.6 Å². The molecule has 4 aromatic rings. The minimum absolute atomic E-state index is 0.142. The summed E-state index contributed by atoms with van der Waals surface area (Å²) in [7, 11) is 0. The first-order valence-electron chi connectivity index (χ1n) is 9.73. The van der Waals surface area contributed by atoms with Crippen molar-refractivity contribution in [2.24, 2.45) is 0 Å². The highest BCUT2D eigenvalue weighted by molar-refractivity contribution is 6.04. The van der Waals surface area contributed by atoms with E-state index in [1.54, 1.807) is 0 Å². The molecule has 3 aromatic carbocycles. The van der Waals surface area contributed by atoms with Gasteiger partial charge in [-0.05, 0) is 44.2 Å². The number of hydrogen-bond acceptors (Lipinski definition) is 4. The maximum Gasteiger partial charge on any atom is 0.255 e. The van der Waals surface area contributed by atoms with Gasteiger partial charge in [-0.1, -0.05) is 54.1 Å². The van der Waals surface area contributed by atoms with Crippen molar-refractivity contribution in [1.82, 2.24) is 9.97 Å². The van der Waals surface area contributed by atoms with Crippen LogP contribution in [0.3, 0.4) is 0 Å². The summed E-state index contributed by atoms with van der Waals surface area (Å²) in [6.45, 7) is 3.87. The number of anilines is 3. The summed E-state index contributed by atoms with van der Waals surface area (Å²) in [6, 6.07) is 27.0. The topological polar surface area (TPSA) is 66.9 Å². The molecule has 1 amide bonds. The molecule has 1 aromatic heterocycles.